The standard InChI is InChI=1S/C19H21N3O7/c1-27-16(23)6-14-17(18(24)25)15(8-21-14)28-10-13-9-22(19(26)29-13)12-4-2-11(7-20)3-5-12/h2-5,8,13,21H,6-7,9-10,20H2,1H3,(H,24,25). The summed E-state index contributed by atoms with van der Waals surface area (Å²) >= 11 is 0. The van der Waals surface area contributed by atoms with Gasteiger partial charge in [-0.05, 0) is 17.7 Å². The van der Waals surface area contributed by atoms with Gasteiger partial charge in [0.05, 0.1) is 20.1 Å². The highest BCUT2D eigenvalue weighted by molar-refractivity contribution is 5.94. The third-order valence-electron chi connectivity index (χ3n) is 4.47. The summed E-state index contributed by atoms with van der Waals surface area (Å²) in [5.41, 5.74) is 7.20. The molecule has 2 aromatic rings. The molecule has 1 atom stereocenters. The summed E-state index contributed by atoms with van der Waals surface area (Å²) in [4.78, 5) is 39.3. The molecule has 29 heavy (non-hydrogen) atoms. The fourth-order valence-electron chi connectivity index (χ4n) is 2.96. The maximum Gasteiger partial charge on any atom is 0.414 e. The molecule has 1 unspecified atom stereocenters. The molecule has 0 bridgehead atoms. The van der Waals surface area contributed by atoms with Gasteiger partial charge in [-0.2, -0.15) is 0 Å². The van der Waals surface area contributed by atoms with Crippen LogP contribution >= 0.6 is 0 Å². The second-order valence-corrected chi connectivity index (χ2v) is 6.36. The molecule has 0 spiro atoms. The zero-order chi connectivity index (χ0) is 21.0. The van der Waals surface area contributed by atoms with E-state index in [4.69, 9.17) is 15.2 Å². The Kier molecular flexibility index (Phi) is 6.03. The van der Waals surface area contributed by atoms with Crippen LogP contribution in [-0.4, -0.2) is 54.5 Å². The Labute approximate surface area is 166 Å². The van der Waals surface area contributed by atoms with Crippen molar-refractivity contribution in [1.29, 1.82) is 0 Å². The van der Waals surface area contributed by atoms with Gasteiger partial charge >= 0.3 is 18.0 Å². The maximum atomic E-state index is 12.2. The minimum atomic E-state index is -1.25. The number of carboxylic acid groups (broad SMARTS) is 1. The molecule has 1 aromatic heterocycles. The molecule has 1 aromatic carbocycles. The molecule has 10 heteroatoms. The van der Waals surface area contributed by atoms with Crippen LogP contribution in [0.5, 0.6) is 5.75 Å². The normalized spacial score (nSPS) is 15.9. The highest BCUT2D eigenvalue weighted by Gasteiger charge is 2.33. The maximum absolute atomic E-state index is 12.2. The smallest absolute Gasteiger partial charge is 0.414 e. The number of amides is 1. The summed E-state index contributed by atoms with van der Waals surface area (Å²) in [7, 11) is 1.22. The van der Waals surface area contributed by atoms with Crippen LogP contribution in [0.4, 0.5) is 10.5 Å². The Morgan fingerprint density at radius 3 is 2.69 bits per heavy atom. The number of carbonyl (C=O) groups excluding carboxylic acids is 2. The van der Waals surface area contributed by atoms with Gasteiger partial charge in [0.1, 0.15) is 12.2 Å². The van der Waals surface area contributed by atoms with Gasteiger partial charge in [-0.3, -0.25) is 9.69 Å². The summed E-state index contributed by atoms with van der Waals surface area (Å²) in [6, 6.07) is 7.21. The molecule has 0 aliphatic carbocycles. The molecule has 1 fully saturated rings. The molecule has 1 aliphatic heterocycles. The van der Waals surface area contributed by atoms with E-state index in [9.17, 15) is 19.5 Å². The van der Waals surface area contributed by atoms with Gasteiger partial charge in [0, 0.05) is 24.1 Å². The molecule has 0 radical (unpaired) electrons. The van der Waals surface area contributed by atoms with Crippen molar-refractivity contribution >= 4 is 23.7 Å². The van der Waals surface area contributed by atoms with E-state index in [0.717, 1.165) is 5.56 Å². The number of rotatable bonds is 8. The van der Waals surface area contributed by atoms with Crippen LogP contribution in [0.2, 0.25) is 0 Å². The lowest BCUT2D eigenvalue weighted by Gasteiger charge is -2.13. The zero-order valence-corrected chi connectivity index (χ0v) is 15.7. The number of carboxylic acids is 1. The van der Waals surface area contributed by atoms with Gasteiger partial charge in [-0.15, -0.1) is 0 Å². The number of ether oxygens (including phenoxy) is 3. The molecule has 0 saturated carbocycles. The molecule has 2 heterocycles. The van der Waals surface area contributed by atoms with E-state index in [1.165, 1.54) is 18.2 Å². The average Bonchev–Trinajstić information content (AvgIpc) is 3.29. The number of benzene rings is 1. The Morgan fingerprint density at radius 1 is 1.34 bits per heavy atom. The van der Waals surface area contributed by atoms with Crippen LogP contribution in [-0.2, 0) is 27.2 Å². The van der Waals surface area contributed by atoms with Crippen LogP contribution in [0.25, 0.3) is 0 Å². The van der Waals surface area contributed by atoms with Crippen molar-refractivity contribution in [2.45, 2.75) is 19.1 Å². The van der Waals surface area contributed by atoms with E-state index in [-0.39, 0.29) is 36.6 Å². The largest absolute Gasteiger partial charge is 0.487 e. The number of nitrogens with zero attached hydrogens (tertiary/aromatic N) is 1. The second-order valence-electron chi connectivity index (χ2n) is 6.36. The number of aromatic carboxylic acids is 1. The van der Waals surface area contributed by atoms with E-state index in [1.807, 2.05) is 12.1 Å². The molecule has 154 valence electrons. The highest BCUT2D eigenvalue weighted by atomic mass is 16.6. The average molecular weight is 403 g/mol. The monoisotopic (exact) mass is 403 g/mol. The van der Waals surface area contributed by atoms with Gasteiger partial charge in [-0.25, -0.2) is 9.59 Å². The van der Waals surface area contributed by atoms with Crippen molar-refractivity contribution in [3.05, 3.63) is 47.3 Å². The second kappa shape index (κ2) is 8.65. The van der Waals surface area contributed by atoms with Crippen molar-refractivity contribution in [2.24, 2.45) is 5.73 Å². The van der Waals surface area contributed by atoms with Gasteiger partial charge in [0.2, 0.25) is 0 Å². The molecule has 1 aliphatic rings. The molecular weight excluding hydrogens is 382 g/mol. The van der Waals surface area contributed by atoms with Crippen molar-refractivity contribution in [3.63, 3.8) is 0 Å². The quantitative estimate of drug-likeness (QED) is 0.559. The Morgan fingerprint density at radius 2 is 2.07 bits per heavy atom. The number of aromatic amines is 1. The predicted molar refractivity (Wildman–Crippen MR) is 101 cm³/mol. The first-order chi connectivity index (χ1) is 13.9. The van der Waals surface area contributed by atoms with Crippen LogP contribution in [0.1, 0.15) is 21.6 Å². The van der Waals surface area contributed by atoms with E-state index in [0.29, 0.717) is 12.2 Å². The third-order valence-corrected chi connectivity index (χ3v) is 4.47. The third kappa shape index (κ3) is 4.49. The van der Waals surface area contributed by atoms with Crippen molar-refractivity contribution < 1.29 is 33.7 Å². The van der Waals surface area contributed by atoms with E-state index in [1.54, 1.807) is 12.1 Å². The summed E-state index contributed by atoms with van der Waals surface area (Å²) in [5.74, 6) is -1.77. The number of anilines is 1. The van der Waals surface area contributed by atoms with Gasteiger partial charge in [0.25, 0.3) is 0 Å². The first kappa shape index (κ1) is 20.2. The number of aromatic nitrogens is 1. The minimum Gasteiger partial charge on any atom is -0.487 e. The van der Waals surface area contributed by atoms with Crippen molar-refractivity contribution in [3.8, 4) is 5.75 Å². The Balaban J connectivity index is 1.65. The van der Waals surface area contributed by atoms with Gasteiger partial charge in [0.15, 0.2) is 11.9 Å². The van der Waals surface area contributed by atoms with Crippen molar-refractivity contribution in [2.75, 3.05) is 25.2 Å². The minimum absolute atomic E-state index is 0.0427. The lowest BCUT2D eigenvalue weighted by Crippen LogP contribution is -2.26. The number of nitrogens with two attached hydrogens (primary N) is 1. The SMILES string of the molecule is COC(=O)Cc1[nH]cc(OCC2CN(c3ccc(CN)cc3)C(=O)O2)c1C(=O)O. The lowest BCUT2D eigenvalue weighted by molar-refractivity contribution is -0.139. The van der Waals surface area contributed by atoms with Crippen molar-refractivity contribution in [1.82, 2.24) is 4.98 Å². The zero-order valence-electron chi connectivity index (χ0n) is 15.7. The van der Waals surface area contributed by atoms with Gasteiger partial charge < -0.3 is 30.0 Å². The van der Waals surface area contributed by atoms with E-state index < -0.39 is 24.1 Å². The molecule has 10 nitrogen and oxygen atoms in total. The van der Waals surface area contributed by atoms with Crippen LogP contribution < -0.4 is 15.4 Å². The summed E-state index contributed by atoms with van der Waals surface area (Å²) in [6.07, 6.45) is 0.0178. The van der Waals surface area contributed by atoms with E-state index >= 15 is 0 Å². The number of methoxy groups -OCH3 is 1. The number of H-pyrrole nitrogens is 1. The first-order valence-corrected chi connectivity index (χ1v) is 8.83. The van der Waals surface area contributed by atoms with Gasteiger partial charge in [-0.1, -0.05) is 12.1 Å². The molecule has 1 saturated heterocycles. The Bertz CT molecular complexity index is 907. The molecular formula is C19H21N3O7. The fraction of sp³-hybridized carbons (Fsp3) is 0.316. The predicted octanol–water partition coefficient (Wildman–Crippen LogP) is 1.29. The topological polar surface area (TPSA) is 144 Å². The van der Waals surface area contributed by atoms with Crippen LogP contribution in [0.3, 0.4) is 0 Å². The number of nitrogens with one attached hydrogen (secondary N) is 1. The summed E-state index contributed by atoms with van der Waals surface area (Å²) in [6.45, 7) is 0.614. The Hall–Kier alpha value is -3.53. The molecule has 4 N–H and O–H groups in total. The van der Waals surface area contributed by atoms with Crippen LogP contribution in [0, 0.1) is 0 Å². The lowest BCUT2D eigenvalue weighted by atomic mass is 10.2. The fourth-order valence-corrected chi connectivity index (χ4v) is 2.96. The summed E-state index contributed by atoms with van der Waals surface area (Å²) in [5, 5.41) is 9.43. The number of hydrogen-bond donors (Lipinski definition) is 3. The van der Waals surface area contributed by atoms with E-state index in [2.05, 4.69) is 9.72 Å². The molecule has 1 amide bonds. The summed E-state index contributed by atoms with van der Waals surface area (Å²) < 4.78 is 15.4. The van der Waals surface area contributed by atoms with Crippen LogP contribution in [0.15, 0.2) is 30.5 Å². The number of cyclic esters (lactones) is 1. The first-order valence-electron chi connectivity index (χ1n) is 8.83. The number of esters is 1. The molecule has 3 rings (SSSR count). The number of hydrogen-bond acceptors (Lipinski definition) is 7. The number of carbonyl (C=O) groups is 3. The highest BCUT2D eigenvalue weighted by Crippen LogP contribution is 2.26.